The topological polar surface area (TPSA) is 40.5 Å². The van der Waals surface area contributed by atoms with Crippen LogP contribution in [0.1, 0.15) is 50.6 Å². The molecule has 110 valence electrons. The van der Waals surface area contributed by atoms with Gasteiger partial charge in [-0.3, -0.25) is 9.69 Å². The van der Waals surface area contributed by atoms with Gasteiger partial charge in [0, 0.05) is 23.5 Å². The molecule has 0 saturated carbocycles. The summed E-state index contributed by atoms with van der Waals surface area (Å²) in [7, 11) is 0. The van der Waals surface area contributed by atoms with Crippen molar-refractivity contribution in [2.24, 2.45) is 0 Å². The van der Waals surface area contributed by atoms with E-state index in [1.54, 1.807) is 0 Å². The lowest BCUT2D eigenvalue weighted by atomic mass is 9.94. The van der Waals surface area contributed by atoms with Gasteiger partial charge in [0.2, 0.25) is 0 Å². The van der Waals surface area contributed by atoms with E-state index in [0.29, 0.717) is 6.04 Å². The van der Waals surface area contributed by atoms with Gasteiger partial charge in [0.05, 0.1) is 0 Å². The number of piperidine rings is 1. The summed E-state index contributed by atoms with van der Waals surface area (Å²) in [4.78, 5) is 13.2. The molecular weight excluding hydrogens is 274 g/mol. The van der Waals surface area contributed by atoms with Crippen LogP contribution >= 0.6 is 11.6 Å². The van der Waals surface area contributed by atoms with Gasteiger partial charge in [-0.25, -0.2) is 0 Å². The first kappa shape index (κ1) is 15.3. The van der Waals surface area contributed by atoms with E-state index in [1.807, 2.05) is 18.2 Å². The lowest BCUT2D eigenvalue weighted by molar-refractivity contribution is -0.137. The monoisotopic (exact) mass is 295 g/mol. The molecule has 2 unspecified atom stereocenters. The Morgan fingerprint density at radius 3 is 2.90 bits per heavy atom. The maximum atomic E-state index is 10.8. The molecule has 0 bridgehead atoms. The zero-order chi connectivity index (χ0) is 14.5. The zero-order valence-electron chi connectivity index (χ0n) is 11.9. The van der Waals surface area contributed by atoms with Crippen molar-refractivity contribution in [1.82, 2.24) is 4.90 Å². The van der Waals surface area contributed by atoms with Gasteiger partial charge in [0.1, 0.15) is 0 Å². The number of aliphatic carboxylic acids is 1. The average molecular weight is 296 g/mol. The summed E-state index contributed by atoms with van der Waals surface area (Å²) in [5, 5.41) is 9.68. The number of nitrogens with zero attached hydrogens (tertiary/aromatic N) is 1. The van der Waals surface area contributed by atoms with Crippen LogP contribution in [0.15, 0.2) is 24.3 Å². The zero-order valence-corrected chi connectivity index (χ0v) is 12.6. The molecule has 2 atom stereocenters. The molecule has 0 radical (unpaired) electrons. The molecule has 1 aromatic rings. The number of hydrogen-bond acceptors (Lipinski definition) is 2. The third kappa shape index (κ3) is 3.74. The summed E-state index contributed by atoms with van der Waals surface area (Å²) >= 11 is 6.29. The van der Waals surface area contributed by atoms with E-state index in [0.717, 1.165) is 30.0 Å². The molecule has 1 fully saturated rings. The Morgan fingerprint density at radius 2 is 2.20 bits per heavy atom. The van der Waals surface area contributed by atoms with Crippen LogP contribution < -0.4 is 0 Å². The fraction of sp³-hybridized carbons (Fsp3) is 0.562. The predicted octanol–water partition coefficient (Wildman–Crippen LogP) is 4.12. The smallest absolute Gasteiger partial charge is 0.303 e. The highest BCUT2D eigenvalue weighted by atomic mass is 35.5. The Hall–Kier alpha value is -1.06. The number of halogens is 1. The molecule has 1 N–H and O–H groups in total. The summed E-state index contributed by atoms with van der Waals surface area (Å²) in [6, 6.07) is 8.53. The largest absolute Gasteiger partial charge is 0.481 e. The van der Waals surface area contributed by atoms with Gasteiger partial charge in [-0.1, -0.05) is 36.2 Å². The molecule has 1 aliphatic rings. The third-order valence-electron chi connectivity index (χ3n) is 4.22. The Kier molecular flexibility index (Phi) is 5.44. The minimum Gasteiger partial charge on any atom is -0.481 e. The fourth-order valence-corrected chi connectivity index (χ4v) is 3.42. The Bertz CT molecular complexity index is 464. The molecule has 0 spiro atoms. The van der Waals surface area contributed by atoms with Crippen LogP contribution in [0.25, 0.3) is 0 Å². The molecule has 0 aliphatic carbocycles. The van der Waals surface area contributed by atoms with Crippen LogP contribution in [0.3, 0.4) is 0 Å². The summed E-state index contributed by atoms with van der Waals surface area (Å²) in [6.07, 6.45) is 4.43. The predicted molar refractivity (Wildman–Crippen MR) is 81.1 cm³/mol. The molecule has 1 heterocycles. The first-order chi connectivity index (χ1) is 9.59. The molecule has 0 aromatic heterocycles. The number of benzene rings is 1. The van der Waals surface area contributed by atoms with E-state index >= 15 is 0 Å². The van der Waals surface area contributed by atoms with E-state index in [1.165, 1.54) is 12.8 Å². The van der Waals surface area contributed by atoms with Gasteiger partial charge in [0.15, 0.2) is 0 Å². The molecule has 2 rings (SSSR count). The summed E-state index contributed by atoms with van der Waals surface area (Å²) in [5.41, 5.74) is 1.14. The molecule has 20 heavy (non-hydrogen) atoms. The van der Waals surface area contributed by atoms with Crippen molar-refractivity contribution in [2.75, 3.05) is 6.54 Å². The molecular formula is C16H22ClNO2. The summed E-state index contributed by atoms with van der Waals surface area (Å²) < 4.78 is 0. The van der Waals surface area contributed by atoms with E-state index < -0.39 is 5.97 Å². The number of carbonyl (C=O) groups is 1. The highest BCUT2D eigenvalue weighted by Crippen LogP contribution is 2.33. The van der Waals surface area contributed by atoms with Crippen molar-refractivity contribution in [1.29, 1.82) is 0 Å². The second-order valence-electron chi connectivity index (χ2n) is 5.52. The maximum Gasteiger partial charge on any atom is 0.303 e. The van der Waals surface area contributed by atoms with Gasteiger partial charge in [-0.05, 0) is 44.4 Å². The van der Waals surface area contributed by atoms with E-state index in [2.05, 4.69) is 17.9 Å². The average Bonchev–Trinajstić information content (AvgIpc) is 2.45. The Morgan fingerprint density at radius 1 is 1.45 bits per heavy atom. The lowest BCUT2D eigenvalue weighted by Gasteiger charge is -2.40. The molecule has 0 amide bonds. The lowest BCUT2D eigenvalue weighted by Crippen LogP contribution is -2.41. The summed E-state index contributed by atoms with van der Waals surface area (Å²) in [6.45, 7) is 3.19. The van der Waals surface area contributed by atoms with Crippen LogP contribution in [0, 0.1) is 0 Å². The van der Waals surface area contributed by atoms with Gasteiger partial charge >= 0.3 is 5.97 Å². The molecule has 1 aliphatic heterocycles. The standard InChI is InChI=1S/C16H22ClNO2/c1-12(14-7-2-3-8-15(14)17)18-11-5-4-6-13(18)9-10-16(19)20/h2-3,7-8,12-13H,4-6,9-11H2,1H3,(H,19,20). The number of likely N-dealkylation sites (tertiary alicyclic amines) is 1. The van der Waals surface area contributed by atoms with Crippen molar-refractivity contribution in [3.63, 3.8) is 0 Å². The normalized spacial score (nSPS) is 21.6. The van der Waals surface area contributed by atoms with Crippen LogP contribution in [0.4, 0.5) is 0 Å². The van der Waals surface area contributed by atoms with E-state index in [9.17, 15) is 4.79 Å². The first-order valence-electron chi connectivity index (χ1n) is 7.31. The fourth-order valence-electron chi connectivity index (χ4n) is 3.13. The van der Waals surface area contributed by atoms with Gasteiger partial charge in [-0.2, -0.15) is 0 Å². The quantitative estimate of drug-likeness (QED) is 0.888. The van der Waals surface area contributed by atoms with Crippen LogP contribution in [0.2, 0.25) is 5.02 Å². The summed E-state index contributed by atoms with van der Waals surface area (Å²) in [5.74, 6) is -0.707. The van der Waals surface area contributed by atoms with E-state index in [4.69, 9.17) is 16.7 Å². The second-order valence-corrected chi connectivity index (χ2v) is 5.92. The van der Waals surface area contributed by atoms with Crippen molar-refractivity contribution >= 4 is 17.6 Å². The number of carboxylic acid groups (broad SMARTS) is 1. The third-order valence-corrected chi connectivity index (χ3v) is 4.56. The molecule has 3 nitrogen and oxygen atoms in total. The number of hydrogen-bond donors (Lipinski definition) is 1. The van der Waals surface area contributed by atoms with Gasteiger partial charge in [0.25, 0.3) is 0 Å². The van der Waals surface area contributed by atoms with Gasteiger partial charge in [-0.15, -0.1) is 0 Å². The number of rotatable bonds is 5. The molecule has 1 saturated heterocycles. The number of carboxylic acids is 1. The van der Waals surface area contributed by atoms with Crippen molar-refractivity contribution in [3.05, 3.63) is 34.9 Å². The van der Waals surface area contributed by atoms with Crippen molar-refractivity contribution in [2.45, 2.75) is 51.1 Å². The maximum absolute atomic E-state index is 10.8. The van der Waals surface area contributed by atoms with Crippen molar-refractivity contribution in [3.8, 4) is 0 Å². The minimum absolute atomic E-state index is 0.239. The van der Waals surface area contributed by atoms with Crippen LogP contribution in [-0.2, 0) is 4.79 Å². The second kappa shape index (κ2) is 7.09. The van der Waals surface area contributed by atoms with Crippen molar-refractivity contribution < 1.29 is 9.90 Å². The highest BCUT2D eigenvalue weighted by Gasteiger charge is 2.28. The Labute approximate surface area is 125 Å². The Balaban J connectivity index is 2.10. The highest BCUT2D eigenvalue weighted by molar-refractivity contribution is 6.31. The van der Waals surface area contributed by atoms with Crippen LogP contribution in [0.5, 0.6) is 0 Å². The minimum atomic E-state index is -0.707. The van der Waals surface area contributed by atoms with E-state index in [-0.39, 0.29) is 12.5 Å². The molecule has 1 aromatic carbocycles. The van der Waals surface area contributed by atoms with Gasteiger partial charge < -0.3 is 5.11 Å². The molecule has 4 heteroatoms. The first-order valence-corrected chi connectivity index (χ1v) is 7.69. The van der Waals surface area contributed by atoms with Crippen LogP contribution in [-0.4, -0.2) is 28.6 Å². The SMILES string of the molecule is CC(c1ccccc1Cl)N1CCCCC1CCC(=O)O.